The van der Waals surface area contributed by atoms with E-state index in [4.69, 9.17) is 33.0 Å². The van der Waals surface area contributed by atoms with Crippen molar-refractivity contribution in [3.63, 3.8) is 0 Å². The minimum atomic E-state index is -3.30. The van der Waals surface area contributed by atoms with Crippen molar-refractivity contribution < 1.29 is 16.8 Å². The normalized spacial score (nSPS) is 11.7. The zero-order valence-electron chi connectivity index (χ0n) is 8.12. The van der Waals surface area contributed by atoms with Crippen LogP contribution in [0.1, 0.15) is 19.8 Å². The molecule has 0 fully saturated rings. The largest absolute Gasteiger partial charge is 0.232 e. The fourth-order valence-corrected chi connectivity index (χ4v) is 2.53. The molecular weight excluding hydrogens is 307 g/mol. The molecule has 94 valence electrons. The third-order valence-electron chi connectivity index (χ3n) is 0.970. The van der Waals surface area contributed by atoms with Crippen LogP contribution in [0.4, 0.5) is 0 Å². The molecule has 0 aromatic rings. The van der Waals surface area contributed by atoms with Crippen molar-refractivity contribution in [2.75, 3.05) is 17.4 Å². The molecule has 0 aliphatic carbocycles. The number of alkyl halides is 1. The molecule has 0 aliphatic heterocycles. The zero-order chi connectivity index (χ0) is 12.5. The van der Waals surface area contributed by atoms with E-state index in [1.54, 1.807) is 6.92 Å². The Labute approximate surface area is 105 Å². The lowest BCUT2D eigenvalue weighted by molar-refractivity contribution is 0.606. The molecule has 0 atom stereocenters. The van der Waals surface area contributed by atoms with Crippen molar-refractivity contribution in [1.82, 2.24) is 0 Å². The van der Waals surface area contributed by atoms with Crippen LogP contribution in [0.25, 0.3) is 0 Å². The van der Waals surface area contributed by atoms with E-state index in [0.29, 0.717) is 18.7 Å². The number of rotatable bonds is 5. The third kappa shape index (κ3) is 25.2. The van der Waals surface area contributed by atoms with Crippen molar-refractivity contribution in [2.24, 2.45) is 0 Å². The molecule has 0 aromatic carbocycles. The summed E-state index contributed by atoms with van der Waals surface area (Å²) in [6, 6.07) is 0. The Kier molecular flexibility index (Phi) is 10.7. The van der Waals surface area contributed by atoms with Crippen LogP contribution in [0.3, 0.4) is 0 Å². The molecule has 0 heterocycles. The molecule has 15 heavy (non-hydrogen) atoms. The van der Waals surface area contributed by atoms with Crippen LogP contribution in [-0.2, 0) is 18.1 Å². The van der Waals surface area contributed by atoms with Gasteiger partial charge in [0.25, 0.3) is 0 Å². The maximum absolute atomic E-state index is 10.1. The fourth-order valence-electron chi connectivity index (χ4n) is 0.471. The van der Waals surface area contributed by atoms with Gasteiger partial charge >= 0.3 is 0 Å². The van der Waals surface area contributed by atoms with Gasteiger partial charge in [-0.2, -0.15) is 0 Å². The van der Waals surface area contributed by atoms with Crippen LogP contribution < -0.4 is 0 Å². The Morgan fingerprint density at radius 3 is 1.40 bits per heavy atom. The lowest BCUT2D eigenvalue weighted by Crippen LogP contribution is -1.96. The number of halogens is 3. The van der Waals surface area contributed by atoms with E-state index in [-0.39, 0.29) is 11.5 Å². The molecule has 9 heteroatoms. The van der Waals surface area contributed by atoms with Crippen LogP contribution >= 0.6 is 33.0 Å². The van der Waals surface area contributed by atoms with Crippen LogP contribution in [-0.4, -0.2) is 34.2 Å². The lowest BCUT2D eigenvalue weighted by Gasteiger charge is -1.87. The van der Waals surface area contributed by atoms with Gasteiger partial charge in [0.2, 0.25) is 18.1 Å². The lowest BCUT2D eigenvalue weighted by atomic mass is 10.6. The molecule has 4 nitrogen and oxygen atoms in total. The number of hydrogen-bond acceptors (Lipinski definition) is 4. The van der Waals surface area contributed by atoms with Crippen molar-refractivity contribution >= 4 is 51.1 Å². The summed E-state index contributed by atoms with van der Waals surface area (Å²) < 4.78 is 40.2. The predicted molar refractivity (Wildman–Crippen MR) is 64.9 cm³/mol. The second kappa shape index (κ2) is 8.87. The molecule has 0 aliphatic rings. The minimum Gasteiger partial charge on any atom is -0.212 e. The summed E-state index contributed by atoms with van der Waals surface area (Å²) in [5.74, 6) is 0.387. The Hall–Kier alpha value is 0.770. The molecule has 0 N–H and O–H groups in total. The molecule has 0 saturated heterocycles. The SMILES string of the molecule is CCCS(=O)(=O)Cl.O=S(=O)(Cl)CCCCl. The van der Waals surface area contributed by atoms with Crippen molar-refractivity contribution in [3.05, 3.63) is 0 Å². The quantitative estimate of drug-likeness (QED) is 0.575. The minimum absolute atomic E-state index is 0.0297. The van der Waals surface area contributed by atoms with Crippen molar-refractivity contribution in [1.29, 1.82) is 0 Å². The van der Waals surface area contributed by atoms with Crippen LogP contribution in [0.5, 0.6) is 0 Å². The van der Waals surface area contributed by atoms with E-state index in [0.717, 1.165) is 0 Å². The highest BCUT2D eigenvalue weighted by Gasteiger charge is 2.01. The summed E-state index contributed by atoms with van der Waals surface area (Å²) in [5.41, 5.74) is 0. The predicted octanol–water partition coefficient (Wildman–Crippen LogP) is 2.15. The van der Waals surface area contributed by atoms with Crippen molar-refractivity contribution in [2.45, 2.75) is 19.8 Å². The molecule has 0 radical (unpaired) electrons. The van der Waals surface area contributed by atoms with E-state index in [1.807, 2.05) is 0 Å². The van der Waals surface area contributed by atoms with E-state index in [2.05, 4.69) is 0 Å². The first-order valence-electron chi connectivity index (χ1n) is 4.03. The Morgan fingerprint density at radius 1 is 0.933 bits per heavy atom. The molecule has 0 spiro atoms. The Morgan fingerprint density at radius 2 is 1.33 bits per heavy atom. The van der Waals surface area contributed by atoms with Gasteiger partial charge in [-0.15, -0.1) is 11.6 Å². The molecular formula is C6H13Cl3O4S2. The van der Waals surface area contributed by atoms with E-state index < -0.39 is 18.1 Å². The highest BCUT2D eigenvalue weighted by atomic mass is 35.7. The first kappa shape index (κ1) is 18.1. The zero-order valence-corrected chi connectivity index (χ0v) is 12.0. The summed E-state index contributed by atoms with van der Waals surface area (Å²) >= 11 is 5.18. The molecule has 0 unspecified atom stereocenters. The van der Waals surface area contributed by atoms with Gasteiger partial charge in [-0.25, -0.2) is 16.8 Å². The fraction of sp³-hybridized carbons (Fsp3) is 1.00. The Bertz CT molecular complexity index is 335. The van der Waals surface area contributed by atoms with Gasteiger partial charge in [-0.05, 0) is 12.8 Å². The first-order valence-corrected chi connectivity index (χ1v) is 9.52. The summed E-state index contributed by atoms with van der Waals surface area (Å²) in [6.45, 7) is 1.76. The van der Waals surface area contributed by atoms with Crippen LogP contribution in [0.2, 0.25) is 0 Å². The van der Waals surface area contributed by atoms with Gasteiger partial charge in [-0.1, -0.05) is 6.92 Å². The van der Waals surface area contributed by atoms with E-state index >= 15 is 0 Å². The molecule has 0 saturated carbocycles. The summed E-state index contributed by atoms with van der Waals surface area (Å²) in [6.07, 6.45) is 1.01. The summed E-state index contributed by atoms with van der Waals surface area (Å²) in [7, 11) is 3.13. The van der Waals surface area contributed by atoms with E-state index in [9.17, 15) is 16.8 Å². The van der Waals surface area contributed by atoms with Crippen molar-refractivity contribution in [3.8, 4) is 0 Å². The first-order chi connectivity index (χ1) is 6.62. The Balaban J connectivity index is 0. The summed E-state index contributed by atoms with van der Waals surface area (Å²) in [4.78, 5) is 0. The highest BCUT2D eigenvalue weighted by molar-refractivity contribution is 8.14. The smallest absolute Gasteiger partial charge is 0.212 e. The second-order valence-electron chi connectivity index (χ2n) is 2.53. The van der Waals surface area contributed by atoms with Gasteiger partial charge in [0.15, 0.2) is 0 Å². The second-order valence-corrected chi connectivity index (χ2v) is 8.70. The van der Waals surface area contributed by atoms with Gasteiger partial charge in [0.05, 0.1) is 11.5 Å². The highest BCUT2D eigenvalue weighted by Crippen LogP contribution is 1.98. The molecule has 0 bridgehead atoms. The molecule has 0 aromatic heterocycles. The van der Waals surface area contributed by atoms with E-state index in [1.165, 1.54) is 0 Å². The monoisotopic (exact) mass is 318 g/mol. The average Bonchev–Trinajstić information content (AvgIpc) is 1.98. The average molecular weight is 320 g/mol. The van der Waals surface area contributed by atoms with Crippen LogP contribution in [0, 0.1) is 0 Å². The van der Waals surface area contributed by atoms with Gasteiger partial charge in [0, 0.05) is 27.2 Å². The standard InChI is InChI=1S/C3H6Cl2O2S.C3H7ClO2S/c4-2-1-3-8(5,6)7;1-2-3-7(4,5)6/h1-3H2;2-3H2,1H3. The van der Waals surface area contributed by atoms with Gasteiger partial charge in [-0.3, -0.25) is 0 Å². The number of hydrogen-bond donors (Lipinski definition) is 0. The summed E-state index contributed by atoms with van der Waals surface area (Å²) in [5, 5.41) is 0. The van der Waals surface area contributed by atoms with Gasteiger partial charge in [0.1, 0.15) is 0 Å². The third-order valence-corrected chi connectivity index (χ3v) is 3.84. The maximum atomic E-state index is 10.1. The molecule has 0 rings (SSSR count). The topological polar surface area (TPSA) is 68.3 Å². The molecule has 0 amide bonds. The maximum Gasteiger partial charge on any atom is 0.232 e. The van der Waals surface area contributed by atoms with Crippen LogP contribution in [0.15, 0.2) is 0 Å². The van der Waals surface area contributed by atoms with Gasteiger partial charge < -0.3 is 0 Å².